The molecular weight excluding hydrogens is 384 g/mol. The molecule has 1 heterocycles. The number of aliphatic hydroxyl groups excluding tert-OH is 1. The zero-order valence-corrected chi connectivity index (χ0v) is 16.5. The normalized spacial score (nSPS) is 25.1. The van der Waals surface area contributed by atoms with Gasteiger partial charge in [-0.25, -0.2) is 13.1 Å². The van der Waals surface area contributed by atoms with Crippen molar-refractivity contribution in [2.75, 3.05) is 13.7 Å². The smallest absolute Gasteiger partial charge is 0.241 e. The van der Waals surface area contributed by atoms with E-state index < -0.39 is 28.3 Å². The lowest BCUT2D eigenvalue weighted by atomic mass is 9.93. The second kappa shape index (κ2) is 9.04. The van der Waals surface area contributed by atoms with Crippen molar-refractivity contribution in [1.82, 2.24) is 10.0 Å². The summed E-state index contributed by atoms with van der Waals surface area (Å²) >= 11 is 0. The average molecular weight is 410 g/mol. The van der Waals surface area contributed by atoms with E-state index in [9.17, 15) is 18.3 Å². The van der Waals surface area contributed by atoms with Crippen LogP contribution in [-0.4, -0.2) is 57.4 Å². The number of amides is 1. The van der Waals surface area contributed by atoms with Crippen LogP contribution in [0.4, 0.5) is 0 Å². The lowest BCUT2D eigenvalue weighted by molar-refractivity contribution is -0.126. The van der Waals surface area contributed by atoms with E-state index in [1.165, 1.54) is 19.2 Å². The van der Waals surface area contributed by atoms with Gasteiger partial charge in [0.15, 0.2) is 0 Å². The van der Waals surface area contributed by atoms with Crippen LogP contribution in [0.1, 0.15) is 25.7 Å². The fraction of sp³-hybridized carbons (Fsp3) is 0.526. The molecule has 1 saturated carbocycles. The maximum absolute atomic E-state index is 12.6. The molecule has 1 aromatic carbocycles. The van der Waals surface area contributed by atoms with Gasteiger partial charge in [-0.05, 0) is 31.4 Å². The summed E-state index contributed by atoms with van der Waals surface area (Å²) in [6, 6.07) is 5.61. The molecule has 0 saturated heterocycles. The SMILES string of the molecule is COc1cccc(S(=O)(=O)N[C@@H]2C=C[C@H](CC(=O)NC3CCC3)O[C@@H]2CO)c1. The predicted molar refractivity (Wildman–Crippen MR) is 102 cm³/mol. The average Bonchev–Trinajstić information content (AvgIpc) is 2.65. The van der Waals surface area contributed by atoms with Crippen molar-refractivity contribution in [2.45, 2.75) is 54.9 Å². The molecule has 2 aliphatic rings. The summed E-state index contributed by atoms with van der Waals surface area (Å²) in [5.74, 6) is 0.320. The highest BCUT2D eigenvalue weighted by molar-refractivity contribution is 7.89. The Kier molecular flexibility index (Phi) is 6.71. The summed E-state index contributed by atoms with van der Waals surface area (Å²) in [6.45, 7) is -0.379. The molecule has 1 aromatic rings. The molecule has 3 rings (SSSR count). The maximum Gasteiger partial charge on any atom is 0.241 e. The fourth-order valence-corrected chi connectivity index (χ4v) is 4.40. The van der Waals surface area contributed by atoms with Crippen LogP contribution in [0.25, 0.3) is 0 Å². The minimum absolute atomic E-state index is 0.0546. The first kappa shape index (κ1) is 20.8. The number of carbonyl (C=O) groups excluding carboxylic acids is 1. The molecule has 0 unspecified atom stereocenters. The van der Waals surface area contributed by atoms with E-state index in [0.29, 0.717) is 5.75 Å². The van der Waals surface area contributed by atoms with Gasteiger partial charge < -0.3 is 19.9 Å². The van der Waals surface area contributed by atoms with E-state index in [0.717, 1.165) is 19.3 Å². The third-order valence-corrected chi connectivity index (χ3v) is 6.42. The van der Waals surface area contributed by atoms with E-state index in [2.05, 4.69) is 10.0 Å². The van der Waals surface area contributed by atoms with Crippen LogP contribution in [0.15, 0.2) is 41.3 Å². The number of hydrogen-bond donors (Lipinski definition) is 3. The topological polar surface area (TPSA) is 114 Å². The molecule has 8 nitrogen and oxygen atoms in total. The zero-order chi connectivity index (χ0) is 20.1. The molecule has 0 radical (unpaired) electrons. The molecule has 154 valence electrons. The van der Waals surface area contributed by atoms with Crippen LogP contribution in [0.3, 0.4) is 0 Å². The summed E-state index contributed by atoms with van der Waals surface area (Å²) in [5.41, 5.74) is 0. The van der Waals surface area contributed by atoms with Crippen molar-refractivity contribution in [3.05, 3.63) is 36.4 Å². The van der Waals surface area contributed by atoms with Gasteiger partial charge >= 0.3 is 0 Å². The first-order chi connectivity index (χ1) is 13.4. The first-order valence-corrected chi connectivity index (χ1v) is 10.8. The third kappa shape index (κ3) is 5.11. The standard InChI is InChI=1S/C19H26N2O6S/c1-26-14-6-3-7-16(10-14)28(24,25)21-17-9-8-15(27-18(17)12-22)11-19(23)20-13-4-2-5-13/h3,6-10,13,15,17-18,21-22H,2,4-5,11-12H2,1H3,(H,20,23)/t15-,17-,18-/m1/s1. The minimum Gasteiger partial charge on any atom is -0.497 e. The van der Waals surface area contributed by atoms with Gasteiger partial charge in [0, 0.05) is 12.1 Å². The Morgan fingerprint density at radius 1 is 1.32 bits per heavy atom. The Morgan fingerprint density at radius 3 is 2.75 bits per heavy atom. The molecule has 1 fully saturated rings. The highest BCUT2D eigenvalue weighted by Gasteiger charge is 2.32. The number of rotatable bonds is 8. The monoisotopic (exact) mass is 410 g/mol. The summed E-state index contributed by atoms with van der Waals surface area (Å²) in [5, 5.41) is 12.6. The van der Waals surface area contributed by atoms with Crippen LogP contribution < -0.4 is 14.8 Å². The molecule has 1 aliphatic heterocycles. The number of sulfonamides is 1. The molecule has 0 aromatic heterocycles. The van der Waals surface area contributed by atoms with Crippen molar-refractivity contribution in [3.8, 4) is 5.75 Å². The Balaban J connectivity index is 1.64. The first-order valence-electron chi connectivity index (χ1n) is 9.31. The molecule has 1 aliphatic carbocycles. The van der Waals surface area contributed by atoms with Crippen molar-refractivity contribution in [1.29, 1.82) is 0 Å². The van der Waals surface area contributed by atoms with Crippen LogP contribution >= 0.6 is 0 Å². The highest BCUT2D eigenvalue weighted by atomic mass is 32.2. The predicted octanol–water partition coefficient (Wildman–Crippen LogP) is 0.717. The summed E-state index contributed by atoms with van der Waals surface area (Å²) in [7, 11) is -2.38. The Morgan fingerprint density at radius 2 is 2.11 bits per heavy atom. The van der Waals surface area contributed by atoms with Gasteiger partial charge in [0.05, 0.1) is 37.2 Å². The van der Waals surface area contributed by atoms with E-state index in [4.69, 9.17) is 9.47 Å². The maximum atomic E-state index is 12.6. The second-order valence-electron chi connectivity index (χ2n) is 7.01. The Labute approximate surface area is 165 Å². The molecule has 0 spiro atoms. The number of ether oxygens (including phenoxy) is 2. The van der Waals surface area contributed by atoms with Crippen molar-refractivity contribution < 1.29 is 27.8 Å². The molecule has 0 bridgehead atoms. The van der Waals surface area contributed by atoms with Crippen LogP contribution in [0.2, 0.25) is 0 Å². The molecule has 28 heavy (non-hydrogen) atoms. The zero-order valence-electron chi connectivity index (χ0n) is 15.7. The lowest BCUT2D eigenvalue weighted by Crippen LogP contribution is -2.49. The van der Waals surface area contributed by atoms with Gasteiger partial charge in [0.1, 0.15) is 11.9 Å². The largest absolute Gasteiger partial charge is 0.497 e. The van der Waals surface area contributed by atoms with Gasteiger partial charge in [-0.3, -0.25) is 4.79 Å². The van der Waals surface area contributed by atoms with Crippen molar-refractivity contribution >= 4 is 15.9 Å². The van der Waals surface area contributed by atoms with Gasteiger partial charge in [0.2, 0.25) is 15.9 Å². The number of carbonyl (C=O) groups is 1. The molecule has 1 amide bonds. The summed E-state index contributed by atoms with van der Waals surface area (Å²) in [4.78, 5) is 12.1. The Hall–Kier alpha value is -1.94. The Bertz CT molecular complexity index is 821. The number of aliphatic hydroxyl groups is 1. The van der Waals surface area contributed by atoms with E-state index >= 15 is 0 Å². The van der Waals surface area contributed by atoms with Gasteiger partial charge in [-0.15, -0.1) is 0 Å². The highest BCUT2D eigenvalue weighted by Crippen LogP contribution is 2.22. The minimum atomic E-state index is -3.84. The number of nitrogens with one attached hydrogen (secondary N) is 2. The van der Waals surface area contributed by atoms with Crippen LogP contribution in [0, 0.1) is 0 Å². The number of benzene rings is 1. The number of hydrogen-bond acceptors (Lipinski definition) is 6. The van der Waals surface area contributed by atoms with Gasteiger partial charge in [-0.2, -0.15) is 0 Å². The van der Waals surface area contributed by atoms with E-state index in [1.54, 1.807) is 24.3 Å². The van der Waals surface area contributed by atoms with E-state index in [-0.39, 0.29) is 29.9 Å². The third-order valence-electron chi connectivity index (χ3n) is 4.96. The lowest BCUT2D eigenvalue weighted by Gasteiger charge is -2.32. The van der Waals surface area contributed by atoms with Crippen molar-refractivity contribution in [2.24, 2.45) is 0 Å². The summed E-state index contributed by atoms with van der Waals surface area (Å²) < 4.78 is 38.6. The van der Waals surface area contributed by atoms with Gasteiger partial charge in [-0.1, -0.05) is 18.2 Å². The molecular formula is C19H26N2O6S. The van der Waals surface area contributed by atoms with E-state index in [1.807, 2.05) is 0 Å². The molecule has 3 atom stereocenters. The molecule has 9 heteroatoms. The van der Waals surface area contributed by atoms with Crippen LogP contribution in [-0.2, 0) is 19.6 Å². The summed E-state index contributed by atoms with van der Waals surface area (Å²) in [6.07, 6.45) is 5.27. The fourth-order valence-electron chi connectivity index (χ4n) is 3.15. The van der Waals surface area contributed by atoms with Gasteiger partial charge in [0.25, 0.3) is 0 Å². The van der Waals surface area contributed by atoms with Crippen molar-refractivity contribution in [3.63, 3.8) is 0 Å². The second-order valence-corrected chi connectivity index (χ2v) is 8.72. The van der Waals surface area contributed by atoms with Crippen LogP contribution in [0.5, 0.6) is 5.75 Å². The molecule has 3 N–H and O–H groups in total. The number of methoxy groups -OCH3 is 1. The quantitative estimate of drug-likeness (QED) is 0.544.